The van der Waals surface area contributed by atoms with Crippen LogP contribution in [0.15, 0.2) is 42.5 Å². The molecule has 0 atom stereocenters. The number of aromatic nitrogens is 1. The summed E-state index contributed by atoms with van der Waals surface area (Å²) in [6.07, 6.45) is 0. The van der Waals surface area contributed by atoms with Crippen LogP contribution in [0.3, 0.4) is 0 Å². The smallest absolute Gasteiger partial charge is 0.273 e. The molecule has 0 unspecified atom stereocenters. The molecule has 0 aliphatic rings. The Kier molecular flexibility index (Phi) is 3.88. The number of amides is 1. The van der Waals surface area contributed by atoms with E-state index < -0.39 is 5.82 Å². The Morgan fingerprint density at radius 1 is 1.23 bits per heavy atom. The highest BCUT2D eigenvalue weighted by molar-refractivity contribution is 7.22. The molecule has 1 amide bonds. The second kappa shape index (κ2) is 5.98. The molecule has 2 aromatic carbocycles. The van der Waals surface area contributed by atoms with Crippen LogP contribution in [0, 0.1) is 5.82 Å². The number of hydrogen-bond acceptors (Lipinski definition) is 5. The second-order valence-corrected chi connectivity index (χ2v) is 5.42. The zero-order valence-electron chi connectivity index (χ0n) is 11.6. The molecule has 0 saturated heterocycles. The van der Waals surface area contributed by atoms with Gasteiger partial charge in [0, 0.05) is 0 Å². The van der Waals surface area contributed by atoms with Gasteiger partial charge in [0.1, 0.15) is 17.1 Å². The topological polar surface area (TPSA) is 63.2 Å². The lowest BCUT2D eigenvalue weighted by atomic mass is 10.2. The van der Waals surface area contributed by atoms with Crippen molar-refractivity contribution < 1.29 is 13.9 Å². The third kappa shape index (κ3) is 2.71. The predicted octanol–water partition coefficient (Wildman–Crippen LogP) is 3.20. The van der Waals surface area contributed by atoms with Gasteiger partial charge < -0.3 is 4.74 Å². The van der Waals surface area contributed by atoms with E-state index in [9.17, 15) is 9.18 Å². The van der Waals surface area contributed by atoms with E-state index in [0.29, 0.717) is 21.1 Å². The quantitative estimate of drug-likeness (QED) is 0.725. The molecular weight excluding hydrogens is 305 g/mol. The average molecular weight is 317 g/mol. The molecule has 2 N–H and O–H groups in total. The fourth-order valence-electron chi connectivity index (χ4n) is 1.98. The first-order valence-corrected chi connectivity index (χ1v) is 7.25. The van der Waals surface area contributed by atoms with E-state index in [1.54, 1.807) is 36.4 Å². The van der Waals surface area contributed by atoms with Crippen molar-refractivity contribution >= 4 is 32.6 Å². The lowest BCUT2D eigenvalue weighted by molar-refractivity contribution is 0.0959. The maximum atomic E-state index is 13.6. The zero-order valence-corrected chi connectivity index (χ0v) is 12.4. The first-order valence-electron chi connectivity index (χ1n) is 6.43. The molecule has 0 aliphatic carbocycles. The van der Waals surface area contributed by atoms with E-state index in [2.05, 4.69) is 15.8 Å². The van der Waals surface area contributed by atoms with Crippen molar-refractivity contribution in [2.45, 2.75) is 0 Å². The summed E-state index contributed by atoms with van der Waals surface area (Å²) in [5, 5.41) is 0.406. The summed E-state index contributed by atoms with van der Waals surface area (Å²) in [5.74, 6) is -0.285. The number of para-hydroxylation sites is 2. The molecule has 7 heteroatoms. The van der Waals surface area contributed by atoms with E-state index in [1.807, 2.05) is 0 Å². The summed E-state index contributed by atoms with van der Waals surface area (Å²) in [6, 6.07) is 11.6. The molecule has 3 aromatic rings. The molecule has 112 valence electrons. The molecule has 1 heterocycles. The number of halogens is 1. The summed E-state index contributed by atoms with van der Waals surface area (Å²) in [6.45, 7) is 0. The highest BCUT2D eigenvalue weighted by Gasteiger charge is 2.12. The van der Waals surface area contributed by atoms with Gasteiger partial charge in [0.2, 0.25) is 5.13 Å². The molecule has 0 spiro atoms. The Morgan fingerprint density at radius 3 is 2.82 bits per heavy atom. The van der Waals surface area contributed by atoms with Crippen molar-refractivity contribution in [2.75, 3.05) is 12.5 Å². The summed E-state index contributed by atoms with van der Waals surface area (Å²) in [4.78, 5) is 16.2. The van der Waals surface area contributed by atoms with E-state index in [1.165, 1.54) is 24.5 Å². The number of rotatable bonds is 4. The first kappa shape index (κ1) is 14.3. The molecule has 0 aliphatic heterocycles. The van der Waals surface area contributed by atoms with Gasteiger partial charge in [-0.25, -0.2) is 9.37 Å². The number of nitrogens with one attached hydrogen (secondary N) is 2. The maximum Gasteiger partial charge on any atom is 0.273 e. The fourth-order valence-corrected chi connectivity index (χ4v) is 2.81. The summed E-state index contributed by atoms with van der Waals surface area (Å²) in [5.41, 5.74) is 5.90. The van der Waals surface area contributed by atoms with Gasteiger partial charge in [-0.15, -0.1) is 0 Å². The van der Waals surface area contributed by atoms with Gasteiger partial charge in [0.15, 0.2) is 0 Å². The SMILES string of the molecule is COc1ccccc1C(=O)NNc1nc2c(F)cccc2s1. The fraction of sp³-hybridized carbons (Fsp3) is 0.0667. The molecule has 0 fully saturated rings. The molecule has 0 bridgehead atoms. The zero-order chi connectivity index (χ0) is 15.5. The number of thiazole rings is 1. The molecule has 0 saturated carbocycles. The van der Waals surface area contributed by atoms with E-state index in [4.69, 9.17) is 4.74 Å². The molecule has 5 nitrogen and oxygen atoms in total. The van der Waals surface area contributed by atoms with Crippen molar-refractivity contribution in [1.29, 1.82) is 0 Å². The minimum Gasteiger partial charge on any atom is -0.496 e. The monoisotopic (exact) mass is 317 g/mol. The number of hydrogen-bond donors (Lipinski definition) is 2. The standard InChI is InChI=1S/C15H12FN3O2S/c1-21-11-7-3-2-5-9(11)14(20)18-19-15-17-13-10(16)6-4-8-12(13)22-15/h2-8H,1H3,(H,17,19)(H,18,20). The lowest BCUT2D eigenvalue weighted by Gasteiger charge is -2.08. The van der Waals surface area contributed by atoms with Gasteiger partial charge in [0.05, 0.1) is 17.4 Å². The number of fused-ring (bicyclic) bond motifs is 1. The van der Waals surface area contributed by atoms with Gasteiger partial charge in [-0.1, -0.05) is 29.5 Å². The van der Waals surface area contributed by atoms with Crippen LogP contribution in [0.1, 0.15) is 10.4 Å². The Labute approximate surface area is 129 Å². The number of carbonyl (C=O) groups excluding carboxylic acids is 1. The molecule has 22 heavy (non-hydrogen) atoms. The Bertz CT molecular complexity index is 835. The third-order valence-corrected chi connectivity index (χ3v) is 3.94. The van der Waals surface area contributed by atoms with Gasteiger partial charge in [-0.2, -0.15) is 0 Å². The van der Waals surface area contributed by atoms with Crippen LogP contribution >= 0.6 is 11.3 Å². The third-order valence-electron chi connectivity index (χ3n) is 3.00. The normalized spacial score (nSPS) is 10.5. The van der Waals surface area contributed by atoms with Crippen LogP contribution in [0.25, 0.3) is 10.2 Å². The Morgan fingerprint density at radius 2 is 2.05 bits per heavy atom. The van der Waals surface area contributed by atoms with Crippen molar-refractivity contribution in [1.82, 2.24) is 10.4 Å². The van der Waals surface area contributed by atoms with Crippen molar-refractivity contribution in [2.24, 2.45) is 0 Å². The molecular formula is C15H12FN3O2S. The highest BCUT2D eigenvalue weighted by atomic mass is 32.1. The van der Waals surface area contributed by atoms with Crippen LogP contribution in [-0.4, -0.2) is 18.0 Å². The van der Waals surface area contributed by atoms with Crippen molar-refractivity contribution in [3.8, 4) is 5.75 Å². The van der Waals surface area contributed by atoms with Crippen LogP contribution in [-0.2, 0) is 0 Å². The van der Waals surface area contributed by atoms with Crippen LogP contribution in [0.5, 0.6) is 5.75 Å². The lowest BCUT2D eigenvalue weighted by Crippen LogP contribution is -2.29. The van der Waals surface area contributed by atoms with E-state index >= 15 is 0 Å². The van der Waals surface area contributed by atoms with E-state index in [-0.39, 0.29) is 11.4 Å². The van der Waals surface area contributed by atoms with Crippen molar-refractivity contribution in [3.63, 3.8) is 0 Å². The van der Waals surface area contributed by atoms with Gasteiger partial charge >= 0.3 is 0 Å². The van der Waals surface area contributed by atoms with Gasteiger partial charge in [0.25, 0.3) is 5.91 Å². The number of carbonyl (C=O) groups is 1. The molecule has 0 radical (unpaired) electrons. The summed E-state index contributed by atoms with van der Waals surface area (Å²) < 4.78 is 19.4. The second-order valence-electron chi connectivity index (χ2n) is 4.39. The predicted molar refractivity (Wildman–Crippen MR) is 83.7 cm³/mol. The Balaban J connectivity index is 1.76. The average Bonchev–Trinajstić information content (AvgIpc) is 2.97. The number of nitrogens with zero attached hydrogens (tertiary/aromatic N) is 1. The summed E-state index contributed by atoms with van der Waals surface area (Å²) >= 11 is 1.25. The highest BCUT2D eigenvalue weighted by Crippen LogP contribution is 2.27. The number of anilines is 1. The van der Waals surface area contributed by atoms with Crippen LogP contribution < -0.4 is 15.6 Å². The number of ether oxygens (including phenoxy) is 1. The molecule has 1 aromatic heterocycles. The summed E-state index contributed by atoms with van der Waals surface area (Å²) in [7, 11) is 1.50. The largest absolute Gasteiger partial charge is 0.496 e. The van der Waals surface area contributed by atoms with Gasteiger partial charge in [-0.05, 0) is 24.3 Å². The van der Waals surface area contributed by atoms with E-state index in [0.717, 1.165) is 0 Å². The van der Waals surface area contributed by atoms with Crippen LogP contribution in [0.2, 0.25) is 0 Å². The number of hydrazine groups is 1. The first-order chi connectivity index (χ1) is 10.7. The Hall–Kier alpha value is -2.67. The van der Waals surface area contributed by atoms with Crippen molar-refractivity contribution in [3.05, 3.63) is 53.8 Å². The van der Waals surface area contributed by atoms with Crippen LogP contribution in [0.4, 0.5) is 9.52 Å². The number of methoxy groups -OCH3 is 1. The number of benzene rings is 2. The maximum absolute atomic E-state index is 13.6. The molecule has 3 rings (SSSR count). The minimum absolute atomic E-state index is 0.279. The van der Waals surface area contributed by atoms with Gasteiger partial charge in [-0.3, -0.25) is 15.6 Å². The minimum atomic E-state index is -0.391.